The number of carbonyl (C=O) groups is 1. The van der Waals surface area contributed by atoms with Crippen molar-refractivity contribution in [1.29, 1.82) is 0 Å². The van der Waals surface area contributed by atoms with E-state index in [0.29, 0.717) is 11.5 Å². The first kappa shape index (κ1) is 15.0. The van der Waals surface area contributed by atoms with Crippen LogP contribution in [0.15, 0.2) is 47.4 Å². The Labute approximate surface area is 123 Å². The monoisotopic (exact) mass is 286 g/mol. The highest BCUT2D eigenvalue weighted by Crippen LogP contribution is 2.11. The number of pyridine rings is 2. The Morgan fingerprint density at radius 1 is 1.19 bits per heavy atom. The fourth-order valence-corrected chi connectivity index (χ4v) is 1.94. The second-order valence-electron chi connectivity index (χ2n) is 5.64. The Kier molecular flexibility index (Phi) is 4.21. The molecule has 0 spiro atoms. The number of carbonyl (C=O) groups excluding carboxylic acids is 1. The van der Waals surface area contributed by atoms with E-state index in [1.165, 1.54) is 10.6 Å². The lowest BCUT2D eigenvalue weighted by Gasteiger charge is -2.20. The summed E-state index contributed by atoms with van der Waals surface area (Å²) in [5, 5.41) is 0. The fourth-order valence-electron chi connectivity index (χ4n) is 1.94. The second-order valence-corrected chi connectivity index (χ2v) is 5.64. The van der Waals surface area contributed by atoms with Gasteiger partial charge in [0.25, 0.3) is 5.56 Å². The summed E-state index contributed by atoms with van der Waals surface area (Å²) in [7, 11) is 0. The van der Waals surface area contributed by atoms with Crippen LogP contribution in [0.3, 0.4) is 0 Å². The van der Waals surface area contributed by atoms with Crippen molar-refractivity contribution in [1.82, 2.24) is 9.55 Å². The maximum absolute atomic E-state index is 12.1. The van der Waals surface area contributed by atoms with Crippen LogP contribution in [0.1, 0.15) is 26.5 Å². The van der Waals surface area contributed by atoms with Crippen LogP contribution in [0.2, 0.25) is 0 Å². The van der Waals surface area contributed by atoms with Crippen molar-refractivity contribution in [2.24, 2.45) is 0 Å². The maximum Gasteiger partial charge on any atom is 0.312 e. The van der Waals surface area contributed by atoms with Crippen LogP contribution in [0.25, 0.3) is 5.82 Å². The summed E-state index contributed by atoms with van der Waals surface area (Å²) in [6, 6.07) is 10.1. The van der Waals surface area contributed by atoms with Gasteiger partial charge in [0, 0.05) is 18.0 Å². The van der Waals surface area contributed by atoms with E-state index in [0.717, 1.165) is 0 Å². The summed E-state index contributed by atoms with van der Waals surface area (Å²) in [4.78, 5) is 28.2. The normalized spacial score (nSPS) is 11.2. The van der Waals surface area contributed by atoms with Crippen molar-refractivity contribution in [3.63, 3.8) is 0 Å². The summed E-state index contributed by atoms with van der Waals surface area (Å²) in [5.41, 5.74) is -0.229. The SMILES string of the molecule is CC(C)(C)OC(=O)Cc1cccc(=O)n1-c1ccccn1. The Hall–Kier alpha value is -2.43. The minimum atomic E-state index is -0.554. The molecule has 0 saturated carbocycles. The second kappa shape index (κ2) is 5.91. The molecule has 0 amide bonds. The van der Waals surface area contributed by atoms with Crippen LogP contribution in [0.4, 0.5) is 0 Å². The molecule has 0 radical (unpaired) electrons. The molecule has 0 atom stereocenters. The van der Waals surface area contributed by atoms with E-state index in [9.17, 15) is 9.59 Å². The molecular weight excluding hydrogens is 268 g/mol. The molecule has 2 aromatic rings. The zero-order valence-corrected chi connectivity index (χ0v) is 12.4. The van der Waals surface area contributed by atoms with Crippen molar-refractivity contribution in [2.45, 2.75) is 32.8 Å². The molecule has 2 rings (SSSR count). The third kappa shape index (κ3) is 4.02. The molecule has 0 aliphatic carbocycles. The number of nitrogens with zero attached hydrogens (tertiary/aromatic N) is 2. The van der Waals surface area contributed by atoms with Crippen LogP contribution in [0, 0.1) is 0 Å². The minimum Gasteiger partial charge on any atom is -0.460 e. The molecule has 0 aromatic carbocycles. The van der Waals surface area contributed by atoms with E-state index >= 15 is 0 Å². The number of aromatic nitrogens is 2. The molecule has 110 valence electrons. The third-order valence-corrected chi connectivity index (χ3v) is 2.66. The summed E-state index contributed by atoms with van der Waals surface area (Å²) >= 11 is 0. The average Bonchev–Trinajstić information content (AvgIpc) is 2.37. The molecule has 0 N–H and O–H groups in total. The third-order valence-electron chi connectivity index (χ3n) is 2.66. The van der Waals surface area contributed by atoms with Gasteiger partial charge in [-0.15, -0.1) is 0 Å². The van der Waals surface area contributed by atoms with E-state index in [-0.39, 0.29) is 17.9 Å². The van der Waals surface area contributed by atoms with Gasteiger partial charge in [-0.05, 0) is 39.0 Å². The number of hydrogen-bond acceptors (Lipinski definition) is 4. The molecule has 2 heterocycles. The first-order valence-corrected chi connectivity index (χ1v) is 6.71. The average molecular weight is 286 g/mol. The standard InChI is InChI=1S/C16H18N2O3/c1-16(2,3)21-15(20)11-12-7-6-9-14(19)18(12)13-8-4-5-10-17-13/h4-10H,11H2,1-3H3. The number of ether oxygens (including phenoxy) is 1. The molecule has 21 heavy (non-hydrogen) atoms. The van der Waals surface area contributed by atoms with E-state index in [1.807, 2.05) is 20.8 Å². The summed E-state index contributed by atoms with van der Waals surface area (Å²) in [6.07, 6.45) is 1.62. The molecule has 0 saturated heterocycles. The minimum absolute atomic E-state index is 0.0178. The van der Waals surface area contributed by atoms with E-state index in [1.54, 1.807) is 36.5 Å². The molecule has 0 bridgehead atoms. The smallest absolute Gasteiger partial charge is 0.312 e. The predicted octanol–water partition coefficient (Wildman–Crippen LogP) is 2.12. The number of rotatable bonds is 3. The summed E-state index contributed by atoms with van der Waals surface area (Å²) in [5.74, 6) is 0.111. The van der Waals surface area contributed by atoms with E-state index in [4.69, 9.17) is 4.74 Å². The Balaban J connectivity index is 2.35. The lowest BCUT2D eigenvalue weighted by molar-refractivity contribution is -0.154. The van der Waals surface area contributed by atoms with Crippen LogP contribution < -0.4 is 5.56 Å². The zero-order valence-electron chi connectivity index (χ0n) is 12.4. The van der Waals surface area contributed by atoms with Crippen molar-refractivity contribution in [3.8, 4) is 5.82 Å². The van der Waals surface area contributed by atoms with Gasteiger partial charge in [0.05, 0.1) is 6.42 Å². The molecule has 0 fully saturated rings. The van der Waals surface area contributed by atoms with Gasteiger partial charge in [0.1, 0.15) is 11.4 Å². The van der Waals surface area contributed by atoms with Crippen LogP contribution in [-0.4, -0.2) is 21.1 Å². The maximum atomic E-state index is 12.1. The van der Waals surface area contributed by atoms with Crippen LogP contribution in [0.5, 0.6) is 0 Å². The van der Waals surface area contributed by atoms with Gasteiger partial charge in [-0.2, -0.15) is 0 Å². The van der Waals surface area contributed by atoms with Crippen LogP contribution >= 0.6 is 0 Å². The quantitative estimate of drug-likeness (QED) is 0.811. The van der Waals surface area contributed by atoms with Gasteiger partial charge in [-0.1, -0.05) is 12.1 Å². The van der Waals surface area contributed by atoms with Gasteiger partial charge < -0.3 is 4.74 Å². The Bertz CT molecular complexity index is 685. The summed E-state index contributed by atoms with van der Waals surface area (Å²) < 4.78 is 6.72. The van der Waals surface area contributed by atoms with Crippen LogP contribution in [-0.2, 0) is 16.0 Å². The van der Waals surface area contributed by atoms with Gasteiger partial charge in [0.15, 0.2) is 0 Å². The van der Waals surface area contributed by atoms with Gasteiger partial charge in [-0.3, -0.25) is 14.2 Å². The lowest BCUT2D eigenvalue weighted by atomic mass is 10.2. The molecule has 0 aliphatic heterocycles. The van der Waals surface area contributed by atoms with Gasteiger partial charge >= 0.3 is 5.97 Å². The zero-order chi connectivity index (χ0) is 15.5. The van der Waals surface area contributed by atoms with E-state index in [2.05, 4.69) is 4.98 Å². The fraction of sp³-hybridized carbons (Fsp3) is 0.312. The predicted molar refractivity (Wildman–Crippen MR) is 79.4 cm³/mol. The lowest BCUT2D eigenvalue weighted by Crippen LogP contribution is -2.28. The highest BCUT2D eigenvalue weighted by atomic mass is 16.6. The van der Waals surface area contributed by atoms with Crippen molar-refractivity contribution in [2.75, 3.05) is 0 Å². The topological polar surface area (TPSA) is 61.2 Å². The Morgan fingerprint density at radius 3 is 2.57 bits per heavy atom. The van der Waals surface area contributed by atoms with E-state index < -0.39 is 5.60 Å². The first-order chi connectivity index (χ1) is 9.87. The molecule has 2 aromatic heterocycles. The molecule has 0 unspecified atom stereocenters. The van der Waals surface area contributed by atoms with Gasteiger partial charge in [-0.25, -0.2) is 4.98 Å². The highest BCUT2D eigenvalue weighted by molar-refractivity contribution is 5.72. The highest BCUT2D eigenvalue weighted by Gasteiger charge is 2.18. The molecule has 5 nitrogen and oxygen atoms in total. The van der Waals surface area contributed by atoms with Crippen molar-refractivity contribution >= 4 is 5.97 Å². The summed E-state index contributed by atoms with van der Waals surface area (Å²) in [6.45, 7) is 5.42. The van der Waals surface area contributed by atoms with Crippen molar-refractivity contribution in [3.05, 3.63) is 58.6 Å². The Morgan fingerprint density at radius 2 is 1.95 bits per heavy atom. The largest absolute Gasteiger partial charge is 0.460 e. The number of hydrogen-bond donors (Lipinski definition) is 0. The first-order valence-electron chi connectivity index (χ1n) is 6.71. The van der Waals surface area contributed by atoms with Crippen molar-refractivity contribution < 1.29 is 9.53 Å². The van der Waals surface area contributed by atoms with Gasteiger partial charge in [0.2, 0.25) is 0 Å². The molecule has 5 heteroatoms. The molecular formula is C16H18N2O3. The number of esters is 1. The molecule has 0 aliphatic rings.